The minimum Gasteiger partial charge on any atom is -0.541 e. The van der Waals surface area contributed by atoms with Crippen molar-refractivity contribution in [3.63, 3.8) is 0 Å². The van der Waals surface area contributed by atoms with Gasteiger partial charge in [0.15, 0.2) is 0 Å². The molecule has 0 heterocycles. The smallest absolute Gasteiger partial charge is 0.311 e. The molecule has 3 rings (SSSR count). The van der Waals surface area contributed by atoms with Gasteiger partial charge in [0.25, 0.3) is 0 Å². The lowest BCUT2D eigenvalue weighted by Gasteiger charge is -2.17. The van der Waals surface area contributed by atoms with E-state index in [1.807, 2.05) is 30.3 Å². The van der Waals surface area contributed by atoms with Crippen LogP contribution in [0.5, 0.6) is 5.75 Å². The lowest BCUT2D eigenvalue weighted by molar-refractivity contribution is 0.587. The van der Waals surface area contributed by atoms with E-state index in [9.17, 15) is 0 Å². The van der Waals surface area contributed by atoms with Crippen molar-refractivity contribution in [3.8, 4) is 5.75 Å². The minimum atomic E-state index is 0.379. The van der Waals surface area contributed by atoms with Gasteiger partial charge in [0, 0.05) is 5.92 Å². The van der Waals surface area contributed by atoms with Crippen LogP contribution in [0.2, 0.25) is 6.04 Å². The molecule has 3 aromatic rings. The summed E-state index contributed by atoms with van der Waals surface area (Å²) in [6, 6.07) is 32.4. The standard InChI is InChI=1S/C20H18OSi/c1-4-10-17(11-5-1)20(18-12-6-2-7-13-18)16-22-21-19-14-8-3-9-15-19/h1-15,20H,16H2. The molecule has 0 atom stereocenters. The number of benzene rings is 3. The Labute approximate surface area is 134 Å². The Balaban J connectivity index is 1.72. The van der Waals surface area contributed by atoms with Gasteiger partial charge in [0.05, 0.1) is 0 Å². The lowest BCUT2D eigenvalue weighted by Crippen LogP contribution is -2.09. The minimum absolute atomic E-state index is 0.379. The van der Waals surface area contributed by atoms with Gasteiger partial charge < -0.3 is 4.43 Å². The first kappa shape index (κ1) is 14.6. The van der Waals surface area contributed by atoms with Gasteiger partial charge in [0.1, 0.15) is 5.75 Å². The maximum atomic E-state index is 5.91. The first-order valence-corrected chi connectivity index (χ1v) is 8.59. The van der Waals surface area contributed by atoms with E-state index in [1.54, 1.807) is 0 Å². The van der Waals surface area contributed by atoms with E-state index in [1.165, 1.54) is 11.1 Å². The molecule has 0 spiro atoms. The van der Waals surface area contributed by atoms with E-state index in [2.05, 4.69) is 60.7 Å². The Bertz CT molecular complexity index is 628. The topological polar surface area (TPSA) is 9.23 Å². The van der Waals surface area contributed by atoms with Crippen molar-refractivity contribution < 1.29 is 4.43 Å². The molecule has 2 heteroatoms. The van der Waals surface area contributed by atoms with Crippen LogP contribution in [0.3, 0.4) is 0 Å². The first-order valence-electron chi connectivity index (χ1n) is 7.48. The van der Waals surface area contributed by atoms with Crippen molar-refractivity contribution in [2.45, 2.75) is 12.0 Å². The number of rotatable bonds is 6. The molecule has 2 radical (unpaired) electrons. The molecule has 0 aliphatic heterocycles. The van der Waals surface area contributed by atoms with Crippen LogP contribution in [0.15, 0.2) is 91.0 Å². The molecule has 0 aromatic heterocycles. The summed E-state index contributed by atoms with van der Waals surface area (Å²) in [7, 11) is 0.441. The summed E-state index contributed by atoms with van der Waals surface area (Å²) in [5.74, 6) is 1.32. The Morgan fingerprint density at radius 2 is 1.09 bits per heavy atom. The van der Waals surface area contributed by atoms with Crippen LogP contribution in [0.4, 0.5) is 0 Å². The highest BCUT2D eigenvalue weighted by Gasteiger charge is 2.15. The molecule has 0 aliphatic carbocycles. The van der Waals surface area contributed by atoms with Crippen LogP contribution in [0.25, 0.3) is 0 Å². The second-order valence-corrected chi connectivity index (χ2v) is 6.04. The van der Waals surface area contributed by atoms with Crippen LogP contribution in [-0.4, -0.2) is 9.76 Å². The highest BCUT2D eigenvalue weighted by Crippen LogP contribution is 2.28. The fourth-order valence-corrected chi connectivity index (χ4v) is 3.52. The van der Waals surface area contributed by atoms with Crippen molar-refractivity contribution in [1.82, 2.24) is 0 Å². The zero-order valence-corrected chi connectivity index (χ0v) is 13.4. The van der Waals surface area contributed by atoms with E-state index >= 15 is 0 Å². The lowest BCUT2D eigenvalue weighted by atomic mass is 9.93. The molecule has 0 amide bonds. The zero-order chi connectivity index (χ0) is 15.0. The van der Waals surface area contributed by atoms with Crippen molar-refractivity contribution in [3.05, 3.63) is 102 Å². The summed E-state index contributed by atoms with van der Waals surface area (Å²) in [4.78, 5) is 0. The quantitative estimate of drug-likeness (QED) is 0.586. The molecule has 0 unspecified atom stereocenters. The predicted molar refractivity (Wildman–Crippen MR) is 92.4 cm³/mol. The average molecular weight is 302 g/mol. The number of para-hydroxylation sites is 1. The summed E-state index contributed by atoms with van der Waals surface area (Å²) in [5, 5.41) is 0. The van der Waals surface area contributed by atoms with Crippen LogP contribution in [0.1, 0.15) is 17.0 Å². The number of hydrogen-bond donors (Lipinski definition) is 0. The van der Waals surface area contributed by atoms with E-state index in [4.69, 9.17) is 4.43 Å². The third kappa shape index (κ3) is 3.86. The molecular weight excluding hydrogens is 284 g/mol. The maximum Gasteiger partial charge on any atom is 0.311 e. The van der Waals surface area contributed by atoms with Crippen molar-refractivity contribution in [2.75, 3.05) is 0 Å². The van der Waals surface area contributed by atoms with Crippen molar-refractivity contribution in [1.29, 1.82) is 0 Å². The molecule has 0 saturated carbocycles. The van der Waals surface area contributed by atoms with Gasteiger partial charge in [-0.3, -0.25) is 0 Å². The summed E-state index contributed by atoms with van der Waals surface area (Å²) in [5.41, 5.74) is 2.69. The normalized spacial score (nSPS) is 10.6. The Kier molecular flexibility index (Phi) is 5.06. The van der Waals surface area contributed by atoms with Gasteiger partial charge in [-0.05, 0) is 29.3 Å². The highest BCUT2D eigenvalue weighted by molar-refractivity contribution is 6.28. The van der Waals surface area contributed by atoms with Crippen LogP contribution in [0, 0.1) is 0 Å². The second kappa shape index (κ2) is 7.62. The van der Waals surface area contributed by atoms with Gasteiger partial charge in [-0.25, -0.2) is 0 Å². The second-order valence-electron chi connectivity index (χ2n) is 5.14. The fourth-order valence-electron chi connectivity index (χ4n) is 2.50. The Hall–Kier alpha value is -2.32. The molecule has 0 N–H and O–H groups in total. The monoisotopic (exact) mass is 302 g/mol. The van der Waals surface area contributed by atoms with Crippen LogP contribution < -0.4 is 4.43 Å². The molecule has 3 aromatic carbocycles. The fraction of sp³-hybridized carbons (Fsp3) is 0.100. The van der Waals surface area contributed by atoms with E-state index in [-0.39, 0.29) is 0 Å². The molecule has 0 saturated heterocycles. The van der Waals surface area contributed by atoms with E-state index in [0.717, 1.165) is 11.8 Å². The highest BCUT2D eigenvalue weighted by atomic mass is 28.2. The van der Waals surface area contributed by atoms with Gasteiger partial charge in [-0.15, -0.1) is 0 Å². The summed E-state index contributed by atoms with van der Waals surface area (Å²) < 4.78 is 5.91. The maximum absolute atomic E-state index is 5.91. The van der Waals surface area contributed by atoms with Gasteiger partial charge in [0.2, 0.25) is 0 Å². The van der Waals surface area contributed by atoms with Crippen molar-refractivity contribution >= 4 is 9.76 Å². The zero-order valence-electron chi connectivity index (χ0n) is 12.4. The van der Waals surface area contributed by atoms with E-state index < -0.39 is 0 Å². The summed E-state index contributed by atoms with van der Waals surface area (Å²) >= 11 is 0. The van der Waals surface area contributed by atoms with Crippen LogP contribution in [-0.2, 0) is 0 Å². The molecule has 108 valence electrons. The molecule has 0 aliphatic rings. The third-order valence-corrected chi connectivity index (χ3v) is 4.58. The SMILES string of the molecule is c1ccc(O[Si]CC(c2ccccc2)c2ccccc2)cc1. The first-order chi connectivity index (χ1) is 10.9. The van der Waals surface area contributed by atoms with Gasteiger partial charge in [-0.2, -0.15) is 0 Å². The third-order valence-electron chi connectivity index (χ3n) is 3.62. The van der Waals surface area contributed by atoms with Crippen molar-refractivity contribution in [2.24, 2.45) is 0 Å². The Morgan fingerprint density at radius 1 is 0.636 bits per heavy atom. The summed E-state index contributed by atoms with van der Waals surface area (Å²) in [6.45, 7) is 0. The predicted octanol–water partition coefficient (Wildman–Crippen LogP) is 4.94. The summed E-state index contributed by atoms with van der Waals surface area (Å²) in [6.07, 6.45) is 0. The van der Waals surface area contributed by atoms with E-state index in [0.29, 0.717) is 15.7 Å². The molecule has 22 heavy (non-hydrogen) atoms. The van der Waals surface area contributed by atoms with Gasteiger partial charge in [-0.1, -0.05) is 78.9 Å². The number of hydrogen-bond acceptors (Lipinski definition) is 1. The molecule has 1 nitrogen and oxygen atoms in total. The largest absolute Gasteiger partial charge is 0.541 e. The molecular formula is C20H18OSi. The average Bonchev–Trinajstić information content (AvgIpc) is 2.61. The Morgan fingerprint density at radius 3 is 1.59 bits per heavy atom. The van der Waals surface area contributed by atoms with Crippen LogP contribution >= 0.6 is 0 Å². The molecule has 0 bridgehead atoms. The molecule has 0 fully saturated rings. The van der Waals surface area contributed by atoms with Gasteiger partial charge >= 0.3 is 9.76 Å².